The molecular formula is C17H24N2O2. The molecule has 2 unspecified atom stereocenters. The number of rotatable bonds is 5. The van der Waals surface area contributed by atoms with E-state index in [2.05, 4.69) is 22.8 Å². The summed E-state index contributed by atoms with van der Waals surface area (Å²) in [4.78, 5) is 23.5. The second kappa shape index (κ2) is 6.29. The van der Waals surface area contributed by atoms with E-state index < -0.39 is 5.41 Å². The predicted molar refractivity (Wildman–Crippen MR) is 82.8 cm³/mol. The van der Waals surface area contributed by atoms with Crippen molar-refractivity contribution in [3.8, 4) is 0 Å². The minimum absolute atomic E-state index is 0.00707. The van der Waals surface area contributed by atoms with E-state index in [9.17, 15) is 9.59 Å². The molecule has 4 heteroatoms. The van der Waals surface area contributed by atoms with Crippen molar-refractivity contribution < 1.29 is 9.59 Å². The summed E-state index contributed by atoms with van der Waals surface area (Å²) in [5, 5.41) is 5.81. The summed E-state index contributed by atoms with van der Waals surface area (Å²) < 4.78 is 0. The first-order valence-corrected chi connectivity index (χ1v) is 7.50. The SMILES string of the molecule is CC(C)(C)C(=O)NCCC(=O)NC1CC1c1ccccc1. The quantitative estimate of drug-likeness (QED) is 0.872. The van der Waals surface area contributed by atoms with E-state index in [1.54, 1.807) is 0 Å². The molecule has 1 fully saturated rings. The summed E-state index contributed by atoms with van der Waals surface area (Å²) in [5.41, 5.74) is 0.870. The Morgan fingerprint density at radius 2 is 1.86 bits per heavy atom. The van der Waals surface area contributed by atoms with Gasteiger partial charge in [-0.05, 0) is 12.0 Å². The summed E-state index contributed by atoms with van der Waals surface area (Å²) in [6.07, 6.45) is 1.34. The largest absolute Gasteiger partial charge is 0.355 e. The highest BCUT2D eigenvalue weighted by molar-refractivity contribution is 5.82. The molecule has 21 heavy (non-hydrogen) atoms. The van der Waals surface area contributed by atoms with Crippen molar-refractivity contribution in [3.05, 3.63) is 35.9 Å². The van der Waals surface area contributed by atoms with Crippen LogP contribution in [0.3, 0.4) is 0 Å². The van der Waals surface area contributed by atoms with Gasteiger partial charge in [0.05, 0.1) is 0 Å². The van der Waals surface area contributed by atoms with Gasteiger partial charge in [-0.2, -0.15) is 0 Å². The third-order valence-electron chi connectivity index (χ3n) is 3.68. The molecule has 1 aromatic carbocycles. The molecule has 0 aliphatic heterocycles. The zero-order valence-corrected chi connectivity index (χ0v) is 13.0. The van der Waals surface area contributed by atoms with Crippen molar-refractivity contribution in [1.82, 2.24) is 10.6 Å². The van der Waals surface area contributed by atoms with Crippen LogP contribution in [-0.2, 0) is 9.59 Å². The van der Waals surface area contributed by atoms with E-state index in [0.717, 1.165) is 6.42 Å². The van der Waals surface area contributed by atoms with Crippen LogP contribution in [0, 0.1) is 5.41 Å². The molecule has 1 saturated carbocycles. The minimum Gasteiger partial charge on any atom is -0.355 e. The van der Waals surface area contributed by atoms with E-state index in [1.807, 2.05) is 39.0 Å². The molecule has 2 rings (SSSR count). The van der Waals surface area contributed by atoms with Crippen LogP contribution in [0.4, 0.5) is 0 Å². The fourth-order valence-electron chi connectivity index (χ4n) is 2.26. The van der Waals surface area contributed by atoms with Crippen LogP contribution in [0.1, 0.15) is 45.1 Å². The zero-order valence-electron chi connectivity index (χ0n) is 13.0. The van der Waals surface area contributed by atoms with E-state index >= 15 is 0 Å². The predicted octanol–water partition coefficient (Wildman–Crippen LogP) is 2.21. The van der Waals surface area contributed by atoms with Crippen molar-refractivity contribution in [2.75, 3.05) is 6.54 Å². The van der Waals surface area contributed by atoms with Gasteiger partial charge in [-0.25, -0.2) is 0 Å². The molecule has 0 saturated heterocycles. The Hall–Kier alpha value is -1.84. The van der Waals surface area contributed by atoms with E-state index in [4.69, 9.17) is 0 Å². The van der Waals surface area contributed by atoms with Gasteiger partial charge in [0.25, 0.3) is 0 Å². The molecule has 1 aromatic rings. The summed E-state index contributed by atoms with van der Waals surface area (Å²) in [7, 11) is 0. The Bertz CT molecular complexity index is 505. The van der Waals surface area contributed by atoms with Gasteiger partial charge in [0.15, 0.2) is 0 Å². The zero-order chi connectivity index (χ0) is 15.5. The first-order chi connectivity index (χ1) is 9.88. The normalized spacial score (nSPS) is 20.7. The highest BCUT2D eigenvalue weighted by Gasteiger charge is 2.39. The van der Waals surface area contributed by atoms with Crippen molar-refractivity contribution in [2.45, 2.75) is 45.6 Å². The molecule has 1 aliphatic carbocycles. The van der Waals surface area contributed by atoms with Crippen LogP contribution >= 0.6 is 0 Å². The molecule has 0 bridgehead atoms. The third kappa shape index (κ3) is 4.59. The summed E-state index contributed by atoms with van der Waals surface area (Å²) in [6.45, 7) is 5.97. The lowest BCUT2D eigenvalue weighted by atomic mass is 9.96. The Morgan fingerprint density at radius 1 is 1.19 bits per heavy atom. The van der Waals surface area contributed by atoms with Crippen molar-refractivity contribution in [2.24, 2.45) is 5.41 Å². The van der Waals surface area contributed by atoms with Crippen LogP contribution in [0.5, 0.6) is 0 Å². The van der Waals surface area contributed by atoms with Crippen molar-refractivity contribution in [3.63, 3.8) is 0 Å². The first-order valence-electron chi connectivity index (χ1n) is 7.50. The molecule has 2 N–H and O–H groups in total. The van der Waals surface area contributed by atoms with Gasteiger partial charge >= 0.3 is 0 Å². The van der Waals surface area contributed by atoms with E-state index in [1.165, 1.54) is 5.56 Å². The monoisotopic (exact) mass is 288 g/mol. The van der Waals surface area contributed by atoms with Gasteiger partial charge < -0.3 is 10.6 Å². The van der Waals surface area contributed by atoms with Crippen LogP contribution < -0.4 is 10.6 Å². The third-order valence-corrected chi connectivity index (χ3v) is 3.68. The number of carbonyl (C=O) groups is 2. The lowest BCUT2D eigenvalue weighted by molar-refractivity contribution is -0.128. The van der Waals surface area contributed by atoms with Crippen molar-refractivity contribution in [1.29, 1.82) is 0 Å². The Labute approximate surface area is 126 Å². The topological polar surface area (TPSA) is 58.2 Å². The highest BCUT2D eigenvalue weighted by atomic mass is 16.2. The van der Waals surface area contributed by atoms with Gasteiger partial charge in [0.1, 0.15) is 0 Å². The van der Waals surface area contributed by atoms with Gasteiger partial charge in [-0.1, -0.05) is 51.1 Å². The summed E-state index contributed by atoms with van der Waals surface area (Å²) in [5.74, 6) is 0.427. The maximum atomic E-state index is 11.8. The van der Waals surface area contributed by atoms with Crippen LogP contribution in [0.2, 0.25) is 0 Å². The summed E-state index contributed by atoms with van der Waals surface area (Å²) in [6, 6.07) is 10.5. The summed E-state index contributed by atoms with van der Waals surface area (Å²) >= 11 is 0. The molecule has 4 nitrogen and oxygen atoms in total. The average molecular weight is 288 g/mol. The fourth-order valence-corrected chi connectivity index (χ4v) is 2.26. The van der Waals surface area contributed by atoms with Crippen LogP contribution in [-0.4, -0.2) is 24.4 Å². The molecule has 1 aliphatic rings. The number of carbonyl (C=O) groups excluding carboxylic acids is 2. The molecule has 114 valence electrons. The minimum atomic E-state index is -0.411. The molecule has 2 amide bonds. The number of benzene rings is 1. The number of hydrogen-bond donors (Lipinski definition) is 2. The standard InChI is InChI=1S/C17H24N2O2/c1-17(2,3)16(21)18-10-9-15(20)19-14-11-13(14)12-7-5-4-6-8-12/h4-8,13-14H,9-11H2,1-3H3,(H,18,21)(H,19,20). The molecule has 0 heterocycles. The lowest BCUT2D eigenvalue weighted by Crippen LogP contribution is -2.37. The Morgan fingerprint density at radius 3 is 2.48 bits per heavy atom. The fraction of sp³-hybridized carbons (Fsp3) is 0.529. The van der Waals surface area contributed by atoms with Gasteiger partial charge in [-0.3, -0.25) is 9.59 Å². The van der Waals surface area contributed by atoms with Crippen LogP contribution in [0.15, 0.2) is 30.3 Å². The van der Waals surface area contributed by atoms with Crippen molar-refractivity contribution >= 4 is 11.8 Å². The second-order valence-corrected chi connectivity index (χ2v) is 6.68. The maximum Gasteiger partial charge on any atom is 0.225 e. The molecule has 2 atom stereocenters. The maximum absolute atomic E-state index is 11.8. The van der Waals surface area contributed by atoms with Gasteiger partial charge in [0.2, 0.25) is 11.8 Å². The highest BCUT2D eigenvalue weighted by Crippen LogP contribution is 2.40. The lowest BCUT2D eigenvalue weighted by Gasteiger charge is -2.17. The number of hydrogen-bond acceptors (Lipinski definition) is 2. The molecule has 0 aromatic heterocycles. The Kier molecular flexibility index (Phi) is 4.66. The van der Waals surface area contributed by atoms with Gasteiger partial charge in [0, 0.05) is 30.3 Å². The molecular weight excluding hydrogens is 264 g/mol. The van der Waals surface area contributed by atoms with Crippen LogP contribution in [0.25, 0.3) is 0 Å². The van der Waals surface area contributed by atoms with E-state index in [-0.39, 0.29) is 17.9 Å². The van der Waals surface area contributed by atoms with E-state index in [0.29, 0.717) is 18.9 Å². The Balaban J connectivity index is 1.67. The molecule has 0 radical (unpaired) electrons. The number of nitrogens with one attached hydrogen (secondary N) is 2. The second-order valence-electron chi connectivity index (χ2n) is 6.68. The smallest absolute Gasteiger partial charge is 0.225 e. The average Bonchev–Trinajstić information content (AvgIpc) is 3.17. The van der Waals surface area contributed by atoms with Gasteiger partial charge in [-0.15, -0.1) is 0 Å². The number of amides is 2. The molecule has 0 spiro atoms. The first kappa shape index (κ1) is 15.5.